The number of aromatic nitrogens is 2. The molecule has 8 heteroatoms. The number of hydrogen-bond donors (Lipinski definition) is 0. The highest BCUT2D eigenvalue weighted by molar-refractivity contribution is 6.31. The van der Waals surface area contributed by atoms with Gasteiger partial charge in [0.05, 0.1) is 6.61 Å². The molecule has 0 radical (unpaired) electrons. The van der Waals surface area contributed by atoms with Crippen molar-refractivity contribution < 1.29 is 19.1 Å². The SMILES string of the molecule is CCCCN(C(=O)c1cccc(Cl)c1)c1nc2n(c1OC(=O)OCC)CCCC2. The average Bonchev–Trinajstić information content (AvgIpc) is 3.06. The third-order valence-corrected chi connectivity index (χ3v) is 5.00. The number of nitrogens with zero attached hydrogens (tertiary/aromatic N) is 3. The third-order valence-electron chi connectivity index (χ3n) is 4.76. The number of amides is 1. The maximum Gasteiger partial charge on any atom is 0.515 e. The maximum absolute atomic E-state index is 13.3. The van der Waals surface area contributed by atoms with Gasteiger partial charge in [0.15, 0.2) is 5.82 Å². The van der Waals surface area contributed by atoms with E-state index in [1.807, 2.05) is 4.57 Å². The summed E-state index contributed by atoms with van der Waals surface area (Å²) in [6, 6.07) is 6.81. The van der Waals surface area contributed by atoms with Gasteiger partial charge in [-0.25, -0.2) is 9.78 Å². The van der Waals surface area contributed by atoms with E-state index < -0.39 is 6.16 Å². The molecule has 0 saturated heterocycles. The summed E-state index contributed by atoms with van der Waals surface area (Å²) in [4.78, 5) is 31.7. The van der Waals surface area contributed by atoms with Crippen molar-refractivity contribution in [3.63, 3.8) is 0 Å². The molecule has 1 aromatic heterocycles. The molecule has 1 aromatic carbocycles. The van der Waals surface area contributed by atoms with Crippen molar-refractivity contribution in [2.75, 3.05) is 18.1 Å². The predicted molar refractivity (Wildman–Crippen MR) is 111 cm³/mol. The van der Waals surface area contributed by atoms with Gasteiger partial charge >= 0.3 is 6.16 Å². The normalized spacial score (nSPS) is 12.9. The Morgan fingerprint density at radius 3 is 2.83 bits per heavy atom. The Bertz CT molecular complexity index is 881. The first-order valence-electron chi connectivity index (χ1n) is 10.1. The number of benzene rings is 1. The van der Waals surface area contributed by atoms with Crippen molar-refractivity contribution in [3.8, 4) is 5.88 Å². The van der Waals surface area contributed by atoms with Crippen molar-refractivity contribution in [2.24, 2.45) is 0 Å². The number of hydrogen-bond acceptors (Lipinski definition) is 5. The van der Waals surface area contributed by atoms with E-state index in [9.17, 15) is 9.59 Å². The Morgan fingerprint density at radius 2 is 2.10 bits per heavy atom. The van der Waals surface area contributed by atoms with Crippen LogP contribution in [0.5, 0.6) is 5.88 Å². The molecule has 0 N–H and O–H groups in total. The van der Waals surface area contributed by atoms with Crippen molar-refractivity contribution >= 4 is 29.5 Å². The molecule has 0 bridgehead atoms. The number of unbranched alkanes of at least 4 members (excludes halogenated alkanes) is 1. The summed E-state index contributed by atoms with van der Waals surface area (Å²) in [5, 5.41) is 0.485. The average molecular weight is 420 g/mol. The number of carbonyl (C=O) groups is 2. The molecule has 3 rings (SSSR count). The Hall–Kier alpha value is -2.54. The van der Waals surface area contributed by atoms with Gasteiger partial charge in [0.25, 0.3) is 11.8 Å². The van der Waals surface area contributed by atoms with E-state index in [2.05, 4.69) is 11.9 Å². The molecule has 0 fully saturated rings. The van der Waals surface area contributed by atoms with E-state index in [0.717, 1.165) is 37.9 Å². The number of carbonyl (C=O) groups excluding carboxylic acids is 2. The number of ether oxygens (including phenoxy) is 2. The van der Waals surface area contributed by atoms with Crippen LogP contribution in [-0.2, 0) is 17.7 Å². The summed E-state index contributed by atoms with van der Waals surface area (Å²) in [5.74, 6) is 1.20. The van der Waals surface area contributed by atoms with E-state index in [-0.39, 0.29) is 18.4 Å². The van der Waals surface area contributed by atoms with Crippen LogP contribution < -0.4 is 9.64 Å². The van der Waals surface area contributed by atoms with E-state index in [4.69, 9.17) is 21.1 Å². The lowest BCUT2D eigenvalue weighted by molar-refractivity contribution is 0.0964. The van der Waals surface area contributed by atoms with Gasteiger partial charge in [-0.05, 0) is 44.4 Å². The summed E-state index contributed by atoms with van der Waals surface area (Å²) in [7, 11) is 0. The first-order chi connectivity index (χ1) is 14.0. The lowest BCUT2D eigenvalue weighted by atomic mass is 10.2. The lowest BCUT2D eigenvalue weighted by Gasteiger charge is -2.22. The molecule has 1 aliphatic rings. The van der Waals surface area contributed by atoms with Crippen LogP contribution in [-0.4, -0.2) is 34.8 Å². The zero-order chi connectivity index (χ0) is 20.8. The zero-order valence-corrected chi connectivity index (χ0v) is 17.6. The molecular formula is C21H26ClN3O4. The van der Waals surface area contributed by atoms with Gasteiger partial charge in [-0.3, -0.25) is 14.3 Å². The summed E-state index contributed by atoms with van der Waals surface area (Å²) in [6.07, 6.45) is 3.62. The molecule has 2 heterocycles. The summed E-state index contributed by atoms with van der Waals surface area (Å²) >= 11 is 6.08. The van der Waals surface area contributed by atoms with Crippen molar-refractivity contribution in [1.82, 2.24) is 9.55 Å². The monoisotopic (exact) mass is 419 g/mol. The molecule has 7 nitrogen and oxygen atoms in total. The van der Waals surface area contributed by atoms with E-state index in [1.54, 1.807) is 36.1 Å². The topological polar surface area (TPSA) is 73.7 Å². The molecular weight excluding hydrogens is 394 g/mol. The minimum absolute atomic E-state index is 0.205. The Morgan fingerprint density at radius 1 is 1.28 bits per heavy atom. The molecule has 1 amide bonds. The quantitative estimate of drug-likeness (QED) is 0.599. The summed E-state index contributed by atoms with van der Waals surface area (Å²) < 4.78 is 12.3. The minimum atomic E-state index is -0.798. The molecule has 1 aliphatic heterocycles. The number of rotatable bonds is 7. The number of aryl methyl sites for hydroxylation is 1. The first kappa shape index (κ1) is 21.2. The molecule has 0 saturated carbocycles. The molecule has 156 valence electrons. The fourth-order valence-corrected chi connectivity index (χ4v) is 3.53. The number of imidazole rings is 1. The van der Waals surface area contributed by atoms with Crippen molar-refractivity contribution in [1.29, 1.82) is 0 Å². The molecule has 0 aliphatic carbocycles. The van der Waals surface area contributed by atoms with Crippen LogP contribution in [0.4, 0.5) is 10.6 Å². The van der Waals surface area contributed by atoms with Crippen LogP contribution in [0, 0.1) is 0 Å². The van der Waals surface area contributed by atoms with Gasteiger partial charge in [0, 0.05) is 30.1 Å². The van der Waals surface area contributed by atoms with Gasteiger partial charge in [0.1, 0.15) is 5.82 Å². The van der Waals surface area contributed by atoms with E-state index in [1.165, 1.54) is 0 Å². The largest absolute Gasteiger partial charge is 0.515 e. The Kier molecular flexibility index (Phi) is 7.14. The number of anilines is 1. The van der Waals surface area contributed by atoms with Gasteiger partial charge in [-0.1, -0.05) is 31.0 Å². The van der Waals surface area contributed by atoms with Crippen LogP contribution in [0.2, 0.25) is 5.02 Å². The smallest absolute Gasteiger partial charge is 0.434 e. The molecule has 29 heavy (non-hydrogen) atoms. The van der Waals surface area contributed by atoms with Crippen LogP contribution in [0.25, 0.3) is 0 Å². The van der Waals surface area contributed by atoms with Gasteiger partial charge < -0.3 is 9.47 Å². The third kappa shape index (κ3) is 4.90. The van der Waals surface area contributed by atoms with E-state index in [0.29, 0.717) is 29.5 Å². The zero-order valence-electron chi connectivity index (χ0n) is 16.8. The molecule has 2 aromatic rings. The maximum atomic E-state index is 13.3. The predicted octanol–water partition coefficient (Wildman–Crippen LogP) is 4.86. The van der Waals surface area contributed by atoms with Crippen LogP contribution in [0.1, 0.15) is 55.7 Å². The summed E-state index contributed by atoms with van der Waals surface area (Å²) in [6.45, 7) is 5.11. The fraction of sp³-hybridized carbons (Fsp3) is 0.476. The second-order valence-electron chi connectivity index (χ2n) is 6.87. The lowest BCUT2D eigenvalue weighted by Crippen LogP contribution is -2.33. The van der Waals surface area contributed by atoms with Crippen molar-refractivity contribution in [3.05, 3.63) is 40.7 Å². The van der Waals surface area contributed by atoms with Crippen LogP contribution >= 0.6 is 11.6 Å². The fourth-order valence-electron chi connectivity index (χ4n) is 3.34. The van der Waals surface area contributed by atoms with Crippen LogP contribution in [0.15, 0.2) is 24.3 Å². The second kappa shape index (κ2) is 9.78. The van der Waals surface area contributed by atoms with E-state index >= 15 is 0 Å². The van der Waals surface area contributed by atoms with Crippen LogP contribution in [0.3, 0.4) is 0 Å². The Labute approximate surface area is 175 Å². The van der Waals surface area contributed by atoms with Crippen molar-refractivity contribution in [2.45, 2.75) is 52.5 Å². The number of halogens is 1. The molecule has 0 unspecified atom stereocenters. The first-order valence-corrected chi connectivity index (χ1v) is 10.4. The second-order valence-corrected chi connectivity index (χ2v) is 7.31. The summed E-state index contributed by atoms with van der Waals surface area (Å²) in [5.41, 5.74) is 0.460. The molecule has 0 spiro atoms. The van der Waals surface area contributed by atoms with Gasteiger partial charge in [0.2, 0.25) is 0 Å². The highest BCUT2D eigenvalue weighted by Gasteiger charge is 2.30. The standard InChI is InChI=1S/C21H26ClN3O4/c1-3-5-12-25(19(26)15-9-8-10-16(22)14-15)18-20(29-21(27)28-4-2)24-13-7-6-11-17(24)23-18/h8-10,14H,3-7,11-13H2,1-2H3. The number of fused-ring (bicyclic) bond motifs is 1. The van der Waals surface area contributed by atoms with Gasteiger partial charge in [-0.15, -0.1) is 0 Å². The molecule has 0 atom stereocenters. The minimum Gasteiger partial charge on any atom is -0.434 e. The highest BCUT2D eigenvalue weighted by Crippen LogP contribution is 2.34. The highest BCUT2D eigenvalue weighted by atomic mass is 35.5. The Balaban J connectivity index is 2.03. The van der Waals surface area contributed by atoms with Gasteiger partial charge in [-0.2, -0.15) is 0 Å².